The Morgan fingerprint density at radius 3 is 2.70 bits per heavy atom. The lowest BCUT2D eigenvalue weighted by Gasteiger charge is -2.16. The van der Waals surface area contributed by atoms with Crippen molar-refractivity contribution >= 4 is 10.1 Å². The van der Waals surface area contributed by atoms with Crippen LogP contribution < -0.4 is 4.72 Å². The molecule has 0 fully saturated rings. The van der Waals surface area contributed by atoms with Crippen LogP contribution in [0.5, 0.6) is 0 Å². The minimum Gasteiger partial charge on any atom is -0.384 e. The van der Waals surface area contributed by atoms with Crippen LogP contribution in [0.4, 0.5) is 0 Å². The molecule has 0 saturated heterocycles. The van der Waals surface area contributed by atoms with E-state index in [0.717, 1.165) is 0 Å². The molecule has 0 radical (unpaired) electrons. The number of ether oxygens (including phenoxy) is 1. The predicted molar refractivity (Wildman–Crippen MR) is 42.4 cm³/mol. The topological polar surface area (TPSA) is 58.6 Å². The molecule has 0 aromatic carbocycles. The van der Waals surface area contributed by atoms with E-state index in [-0.39, 0.29) is 5.94 Å². The first-order valence-corrected chi connectivity index (χ1v) is 5.38. The van der Waals surface area contributed by atoms with E-state index >= 15 is 0 Å². The summed E-state index contributed by atoms with van der Waals surface area (Å²) in [6.45, 7) is 1.03. The van der Waals surface area contributed by atoms with Gasteiger partial charge in [-0.1, -0.05) is 0 Å². The Bertz CT molecular complexity index is 128. The lowest BCUT2D eigenvalue weighted by atomic mass is 10.7. The molecule has 2 N–H and O–H groups in total. The van der Waals surface area contributed by atoms with E-state index in [1.807, 2.05) is 0 Å². The predicted octanol–water partition coefficient (Wildman–Crippen LogP) is -1.27. The van der Waals surface area contributed by atoms with Gasteiger partial charge in [0.05, 0.1) is 6.61 Å². The molecule has 0 aliphatic heterocycles. The normalized spacial score (nSPS) is 13.5. The highest BCUT2D eigenvalue weighted by molar-refractivity contribution is 8.00. The molecule has 0 heterocycles. The second-order valence-corrected chi connectivity index (χ2v) is 4.94. The molecule has 0 aromatic rings. The summed E-state index contributed by atoms with van der Waals surface area (Å²) in [6.07, 6.45) is 1.50. The second-order valence-electron chi connectivity index (χ2n) is 2.14. The van der Waals surface area contributed by atoms with Gasteiger partial charge in [0.1, 0.15) is 5.94 Å². The fourth-order valence-corrected chi connectivity index (χ4v) is 1.10. The highest BCUT2D eigenvalue weighted by Gasteiger charge is 2.02. The summed E-state index contributed by atoms with van der Waals surface area (Å²) >= 11 is 0. The van der Waals surface area contributed by atoms with Crippen molar-refractivity contribution < 1.29 is 14.1 Å². The number of hydrogen-bond donors (Lipinski definition) is 3. The lowest BCUT2D eigenvalue weighted by molar-refractivity contribution is 0.204. The van der Waals surface area contributed by atoms with Gasteiger partial charge in [0.25, 0.3) is 0 Å². The molecule has 5 heteroatoms. The first-order chi connectivity index (χ1) is 4.62. The molecule has 0 spiro atoms. The average molecular weight is 169 g/mol. The third-order valence-electron chi connectivity index (χ3n) is 1.02. The minimum atomic E-state index is -2.48. The van der Waals surface area contributed by atoms with Crippen LogP contribution in [0.2, 0.25) is 0 Å². The molecule has 0 saturated carbocycles. The maximum Gasteiger partial charge on any atom is 0.107 e. The summed E-state index contributed by atoms with van der Waals surface area (Å²) in [4.78, 5) is 0. The first kappa shape index (κ1) is 10.0. The highest BCUT2D eigenvalue weighted by atomic mass is 32.3. The smallest absolute Gasteiger partial charge is 0.107 e. The SMILES string of the molecule is COCCN[SH](C)(=O)CO. The van der Waals surface area contributed by atoms with Gasteiger partial charge in [-0.15, -0.1) is 0 Å². The van der Waals surface area contributed by atoms with Gasteiger partial charge in [-0.3, -0.25) is 8.93 Å². The average Bonchev–Trinajstić information content (AvgIpc) is 1.89. The molecule has 64 valence electrons. The minimum absolute atomic E-state index is 0.295. The summed E-state index contributed by atoms with van der Waals surface area (Å²) in [5.74, 6) is -0.295. The second kappa shape index (κ2) is 4.79. The zero-order chi connectivity index (χ0) is 8.04. The van der Waals surface area contributed by atoms with Crippen molar-refractivity contribution in [2.24, 2.45) is 0 Å². The largest absolute Gasteiger partial charge is 0.384 e. The molecule has 0 unspecified atom stereocenters. The summed E-state index contributed by atoms with van der Waals surface area (Å²) in [7, 11) is -0.907. The molecule has 10 heavy (non-hydrogen) atoms. The van der Waals surface area contributed by atoms with Crippen molar-refractivity contribution in [2.75, 3.05) is 32.5 Å². The van der Waals surface area contributed by atoms with Crippen LogP contribution in [0.3, 0.4) is 0 Å². The van der Waals surface area contributed by atoms with Crippen LogP contribution >= 0.6 is 0 Å². The van der Waals surface area contributed by atoms with Crippen LogP contribution in [0.1, 0.15) is 0 Å². The quantitative estimate of drug-likeness (QED) is 0.355. The third kappa shape index (κ3) is 4.87. The van der Waals surface area contributed by atoms with E-state index in [0.29, 0.717) is 13.2 Å². The molecule has 4 nitrogen and oxygen atoms in total. The van der Waals surface area contributed by atoms with E-state index in [4.69, 9.17) is 9.84 Å². The summed E-state index contributed by atoms with van der Waals surface area (Å²) in [5.41, 5.74) is 0. The summed E-state index contributed by atoms with van der Waals surface area (Å²) in [5, 5.41) is 8.53. The molecular formula is C5H15NO3S. The molecule has 0 bridgehead atoms. The monoisotopic (exact) mass is 169 g/mol. The van der Waals surface area contributed by atoms with Crippen LogP contribution in [-0.2, 0) is 14.9 Å². The first-order valence-electron chi connectivity index (χ1n) is 3.04. The van der Waals surface area contributed by atoms with Crippen molar-refractivity contribution in [3.63, 3.8) is 0 Å². The van der Waals surface area contributed by atoms with Gasteiger partial charge in [-0.2, -0.15) is 0 Å². The number of aliphatic hydroxyl groups is 1. The number of aliphatic hydroxyl groups excluding tert-OH is 1. The zero-order valence-electron chi connectivity index (χ0n) is 6.33. The van der Waals surface area contributed by atoms with Gasteiger partial charge in [0.15, 0.2) is 0 Å². The summed E-state index contributed by atoms with van der Waals surface area (Å²) in [6, 6.07) is 0. The Morgan fingerprint density at radius 2 is 2.30 bits per heavy atom. The van der Waals surface area contributed by atoms with E-state index in [1.54, 1.807) is 7.11 Å². The molecule has 0 aliphatic rings. The van der Waals surface area contributed by atoms with Crippen molar-refractivity contribution in [2.45, 2.75) is 0 Å². The van der Waals surface area contributed by atoms with Gasteiger partial charge < -0.3 is 9.84 Å². The number of nitrogens with one attached hydrogen (secondary N) is 1. The van der Waals surface area contributed by atoms with Crippen molar-refractivity contribution in [1.82, 2.24) is 4.72 Å². The Labute approximate surface area is 62.1 Å². The Hall–Kier alpha value is 0.0300. The standard InChI is InChI=1S/C5H15NO3S/c1-9-4-3-6-10(2,8)5-7/h7,10H,3-5H2,1-2H3,(H,6,8). The van der Waals surface area contributed by atoms with Crippen molar-refractivity contribution in [1.29, 1.82) is 0 Å². The Balaban J connectivity index is 3.38. The van der Waals surface area contributed by atoms with Crippen LogP contribution in [0.25, 0.3) is 0 Å². The van der Waals surface area contributed by atoms with Gasteiger partial charge in [-0.25, -0.2) is 0 Å². The molecule has 0 aromatic heterocycles. The summed E-state index contributed by atoms with van der Waals surface area (Å²) < 4.78 is 18.4. The van der Waals surface area contributed by atoms with E-state index < -0.39 is 10.1 Å². The molecule has 0 amide bonds. The lowest BCUT2D eigenvalue weighted by Crippen LogP contribution is -2.34. The van der Waals surface area contributed by atoms with Crippen LogP contribution in [-0.4, -0.2) is 41.8 Å². The zero-order valence-corrected chi connectivity index (χ0v) is 7.23. The number of hydrogen-bond acceptors (Lipinski definition) is 3. The number of rotatable bonds is 5. The van der Waals surface area contributed by atoms with Gasteiger partial charge in [0.2, 0.25) is 0 Å². The van der Waals surface area contributed by atoms with Crippen molar-refractivity contribution in [3.8, 4) is 0 Å². The van der Waals surface area contributed by atoms with Crippen LogP contribution in [0, 0.1) is 0 Å². The van der Waals surface area contributed by atoms with Crippen molar-refractivity contribution in [3.05, 3.63) is 0 Å². The van der Waals surface area contributed by atoms with E-state index in [9.17, 15) is 4.21 Å². The number of methoxy groups -OCH3 is 1. The van der Waals surface area contributed by atoms with E-state index in [1.165, 1.54) is 6.26 Å². The fraction of sp³-hybridized carbons (Fsp3) is 1.00. The fourth-order valence-electron chi connectivity index (χ4n) is 0.434. The van der Waals surface area contributed by atoms with E-state index in [2.05, 4.69) is 4.72 Å². The molecular weight excluding hydrogens is 154 g/mol. The molecule has 0 rings (SSSR count). The van der Waals surface area contributed by atoms with Gasteiger partial charge in [-0.05, 0) is 10.1 Å². The Morgan fingerprint density at radius 1 is 1.70 bits per heavy atom. The van der Waals surface area contributed by atoms with Gasteiger partial charge >= 0.3 is 0 Å². The maximum absolute atomic E-state index is 11.0. The third-order valence-corrected chi connectivity index (χ3v) is 2.45. The highest BCUT2D eigenvalue weighted by Crippen LogP contribution is 1.87. The number of thiol groups is 1. The molecule has 0 aliphatic carbocycles. The maximum atomic E-state index is 11.0. The Kier molecular flexibility index (Phi) is 4.80. The van der Waals surface area contributed by atoms with Crippen LogP contribution in [0.15, 0.2) is 0 Å². The molecule has 0 atom stereocenters. The van der Waals surface area contributed by atoms with Gasteiger partial charge in [0, 0.05) is 19.9 Å².